The van der Waals surface area contributed by atoms with E-state index in [2.05, 4.69) is 6.07 Å². The van der Waals surface area contributed by atoms with Crippen molar-refractivity contribution in [3.05, 3.63) is 23.8 Å². The molecule has 0 bridgehead atoms. The first-order chi connectivity index (χ1) is 7.83. The van der Waals surface area contributed by atoms with Crippen molar-refractivity contribution in [1.82, 2.24) is 0 Å². The van der Waals surface area contributed by atoms with E-state index in [1.165, 1.54) is 29.9 Å². The van der Waals surface area contributed by atoms with Gasteiger partial charge >= 0.3 is 0 Å². The van der Waals surface area contributed by atoms with Gasteiger partial charge in [0, 0.05) is 10.6 Å². The highest BCUT2D eigenvalue weighted by atomic mass is 32.2. The molecule has 16 heavy (non-hydrogen) atoms. The third-order valence-corrected chi connectivity index (χ3v) is 4.23. The topological polar surface area (TPSA) is 33.0 Å². The first-order valence-electron chi connectivity index (χ1n) is 5.54. The molecule has 84 valence electrons. The molecule has 1 saturated carbocycles. The van der Waals surface area contributed by atoms with Gasteiger partial charge in [0.25, 0.3) is 0 Å². The fourth-order valence-electron chi connectivity index (χ4n) is 1.73. The Hall–Kier alpha value is -1.14. The Labute approximate surface area is 101 Å². The molecule has 1 aliphatic rings. The van der Waals surface area contributed by atoms with Crippen LogP contribution in [0.1, 0.15) is 24.8 Å². The van der Waals surface area contributed by atoms with E-state index in [1.807, 2.05) is 30.0 Å². The Balaban J connectivity index is 2.01. The minimum atomic E-state index is 0.607. The Kier molecular flexibility index (Phi) is 3.74. The summed E-state index contributed by atoms with van der Waals surface area (Å²) in [6, 6.07) is 7.93. The highest BCUT2D eigenvalue weighted by Gasteiger charge is 2.17. The molecule has 1 aromatic carbocycles. The summed E-state index contributed by atoms with van der Waals surface area (Å²) < 4.78 is 5.19. The first kappa shape index (κ1) is 11.3. The largest absolute Gasteiger partial charge is 0.495 e. The van der Waals surface area contributed by atoms with Crippen LogP contribution < -0.4 is 4.74 Å². The van der Waals surface area contributed by atoms with E-state index in [-0.39, 0.29) is 0 Å². The van der Waals surface area contributed by atoms with Crippen LogP contribution >= 0.6 is 11.8 Å². The van der Waals surface area contributed by atoms with Crippen LogP contribution in [0.5, 0.6) is 5.75 Å². The maximum atomic E-state index is 8.87. The van der Waals surface area contributed by atoms with Crippen LogP contribution in [0.4, 0.5) is 0 Å². The van der Waals surface area contributed by atoms with Crippen molar-refractivity contribution in [2.45, 2.75) is 24.2 Å². The van der Waals surface area contributed by atoms with Gasteiger partial charge < -0.3 is 4.74 Å². The molecule has 0 saturated heterocycles. The summed E-state index contributed by atoms with van der Waals surface area (Å²) in [5, 5.41) is 8.87. The van der Waals surface area contributed by atoms with Gasteiger partial charge in [-0.2, -0.15) is 5.26 Å². The second-order valence-corrected chi connectivity index (χ2v) is 5.18. The zero-order chi connectivity index (χ0) is 11.4. The lowest BCUT2D eigenvalue weighted by Gasteiger charge is -2.24. The fourth-order valence-corrected chi connectivity index (χ4v) is 2.84. The molecular weight excluding hydrogens is 218 g/mol. The number of hydrogen-bond donors (Lipinski definition) is 0. The molecule has 0 amide bonds. The highest BCUT2D eigenvalue weighted by molar-refractivity contribution is 7.99. The van der Waals surface area contributed by atoms with Gasteiger partial charge in [-0.15, -0.1) is 11.8 Å². The van der Waals surface area contributed by atoms with Gasteiger partial charge in [0.05, 0.1) is 12.7 Å². The van der Waals surface area contributed by atoms with E-state index >= 15 is 0 Å². The Morgan fingerprint density at radius 1 is 1.50 bits per heavy atom. The third-order valence-electron chi connectivity index (χ3n) is 3.00. The van der Waals surface area contributed by atoms with Gasteiger partial charge in [0.1, 0.15) is 11.8 Å². The molecule has 1 aromatic rings. The zero-order valence-electron chi connectivity index (χ0n) is 9.40. The van der Waals surface area contributed by atoms with Crippen molar-refractivity contribution in [3.8, 4) is 11.8 Å². The molecule has 1 fully saturated rings. The van der Waals surface area contributed by atoms with Crippen LogP contribution in [0.2, 0.25) is 0 Å². The van der Waals surface area contributed by atoms with Crippen molar-refractivity contribution >= 4 is 11.8 Å². The van der Waals surface area contributed by atoms with E-state index in [1.54, 1.807) is 7.11 Å². The second kappa shape index (κ2) is 5.27. The average Bonchev–Trinajstić information content (AvgIpc) is 2.26. The number of methoxy groups -OCH3 is 1. The third kappa shape index (κ3) is 2.51. The van der Waals surface area contributed by atoms with Crippen LogP contribution in [0.25, 0.3) is 0 Å². The second-order valence-electron chi connectivity index (χ2n) is 4.08. The fraction of sp³-hybridized carbons (Fsp3) is 0.462. The lowest BCUT2D eigenvalue weighted by atomic mass is 9.87. The number of rotatable bonds is 4. The van der Waals surface area contributed by atoms with Crippen molar-refractivity contribution in [2.75, 3.05) is 12.9 Å². The first-order valence-corrected chi connectivity index (χ1v) is 6.53. The summed E-state index contributed by atoms with van der Waals surface area (Å²) >= 11 is 1.86. The molecule has 0 N–H and O–H groups in total. The molecule has 0 aromatic heterocycles. The predicted molar refractivity (Wildman–Crippen MR) is 65.8 cm³/mol. The lowest BCUT2D eigenvalue weighted by molar-refractivity contribution is 0.353. The minimum Gasteiger partial charge on any atom is -0.495 e. The summed E-state index contributed by atoms with van der Waals surface area (Å²) in [7, 11) is 1.61. The monoisotopic (exact) mass is 233 g/mol. The summed E-state index contributed by atoms with van der Waals surface area (Å²) in [4.78, 5) is 1.20. The molecule has 2 nitrogen and oxygen atoms in total. The summed E-state index contributed by atoms with van der Waals surface area (Å²) in [6.45, 7) is 0. The number of ether oxygens (including phenoxy) is 1. The van der Waals surface area contributed by atoms with Crippen LogP contribution in [0, 0.1) is 17.2 Å². The number of nitrogens with zero attached hydrogens (tertiary/aromatic N) is 1. The van der Waals surface area contributed by atoms with Crippen molar-refractivity contribution in [2.24, 2.45) is 5.92 Å². The average molecular weight is 233 g/mol. The molecule has 0 radical (unpaired) electrons. The standard InChI is InChI=1S/C13H15NOS/c1-15-13-7-12(6-5-11(13)8-14)16-9-10-3-2-4-10/h5-7,10H,2-4,9H2,1H3. The van der Waals surface area contributed by atoms with Gasteiger partial charge in [-0.3, -0.25) is 0 Å². The molecule has 0 atom stereocenters. The van der Waals surface area contributed by atoms with Crippen molar-refractivity contribution in [1.29, 1.82) is 5.26 Å². The van der Waals surface area contributed by atoms with Gasteiger partial charge in [-0.05, 0) is 37.0 Å². The lowest BCUT2D eigenvalue weighted by Crippen LogP contribution is -2.13. The molecule has 0 spiro atoms. The van der Waals surface area contributed by atoms with Gasteiger partial charge in [-0.1, -0.05) is 6.42 Å². The molecule has 3 heteroatoms. The SMILES string of the molecule is COc1cc(SCC2CCC2)ccc1C#N. The van der Waals surface area contributed by atoms with Gasteiger partial charge in [0.2, 0.25) is 0 Å². The molecule has 0 heterocycles. The van der Waals surface area contributed by atoms with E-state index in [4.69, 9.17) is 10.00 Å². The Morgan fingerprint density at radius 3 is 2.88 bits per heavy atom. The van der Waals surface area contributed by atoms with E-state index < -0.39 is 0 Å². The summed E-state index contributed by atoms with van der Waals surface area (Å²) in [5.41, 5.74) is 0.607. The normalized spacial score (nSPS) is 15.2. The number of nitriles is 1. The Morgan fingerprint density at radius 2 is 2.31 bits per heavy atom. The molecule has 2 rings (SSSR count). The molecular formula is C13H15NOS. The van der Waals surface area contributed by atoms with Crippen molar-refractivity contribution in [3.63, 3.8) is 0 Å². The van der Waals surface area contributed by atoms with Crippen LogP contribution in [0.3, 0.4) is 0 Å². The smallest absolute Gasteiger partial charge is 0.137 e. The predicted octanol–water partition coefficient (Wildman–Crippen LogP) is 3.46. The zero-order valence-corrected chi connectivity index (χ0v) is 10.2. The molecule has 1 aliphatic carbocycles. The summed E-state index contributed by atoms with van der Waals surface area (Å²) in [6.07, 6.45) is 4.14. The maximum absolute atomic E-state index is 8.87. The quantitative estimate of drug-likeness (QED) is 0.747. The van der Waals surface area contributed by atoms with Gasteiger partial charge in [-0.25, -0.2) is 0 Å². The number of thioether (sulfide) groups is 1. The van der Waals surface area contributed by atoms with Crippen molar-refractivity contribution < 1.29 is 4.74 Å². The maximum Gasteiger partial charge on any atom is 0.137 e. The van der Waals surface area contributed by atoms with E-state index in [9.17, 15) is 0 Å². The van der Waals surface area contributed by atoms with Gasteiger partial charge in [0.15, 0.2) is 0 Å². The van der Waals surface area contributed by atoms with Crippen LogP contribution in [-0.2, 0) is 0 Å². The number of hydrogen-bond acceptors (Lipinski definition) is 3. The van der Waals surface area contributed by atoms with Crippen LogP contribution in [0.15, 0.2) is 23.1 Å². The number of benzene rings is 1. The minimum absolute atomic E-state index is 0.607. The highest BCUT2D eigenvalue weighted by Crippen LogP contribution is 2.34. The van der Waals surface area contributed by atoms with E-state index in [0.29, 0.717) is 11.3 Å². The van der Waals surface area contributed by atoms with Crippen LogP contribution in [-0.4, -0.2) is 12.9 Å². The Bertz CT molecular complexity index is 407. The summed E-state index contributed by atoms with van der Waals surface area (Å²) in [5.74, 6) is 2.77. The molecule has 0 unspecified atom stereocenters. The van der Waals surface area contributed by atoms with E-state index in [0.717, 1.165) is 5.92 Å². The molecule has 0 aliphatic heterocycles.